The van der Waals surface area contributed by atoms with Gasteiger partial charge in [-0.2, -0.15) is 0 Å². The Balaban J connectivity index is 2.48. The van der Waals surface area contributed by atoms with Crippen molar-refractivity contribution in [2.75, 3.05) is 26.2 Å². The minimum Gasteiger partial charge on any atom is -0.372 e. The molecule has 1 aliphatic rings. The number of morpholine rings is 1. The molecule has 13 heavy (non-hydrogen) atoms. The zero-order valence-electron chi connectivity index (χ0n) is 9.31. The van der Waals surface area contributed by atoms with Crippen LogP contribution in [0, 0.1) is 0 Å². The van der Waals surface area contributed by atoms with Crippen molar-refractivity contribution in [1.29, 1.82) is 0 Å². The van der Waals surface area contributed by atoms with E-state index in [-0.39, 0.29) is 5.60 Å². The third-order valence-corrected chi connectivity index (χ3v) is 3.16. The predicted molar refractivity (Wildman–Crippen MR) is 56.0 cm³/mol. The maximum Gasteiger partial charge on any atom is 0.0804 e. The maximum absolute atomic E-state index is 5.90. The van der Waals surface area contributed by atoms with Gasteiger partial charge < -0.3 is 4.74 Å². The SMILES string of the molecule is CCCN1CCOC(CC)(CC)C1. The molecular formula is C11H23NO. The van der Waals surface area contributed by atoms with E-state index in [2.05, 4.69) is 25.7 Å². The lowest BCUT2D eigenvalue weighted by molar-refractivity contribution is -0.113. The van der Waals surface area contributed by atoms with Crippen LogP contribution in [0.15, 0.2) is 0 Å². The van der Waals surface area contributed by atoms with Crippen molar-refractivity contribution in [3.63, 3.8) is 0 Å². The van der Waals surface area contributed by atoms with Gasteiger partial charge in [-0.3, -0.25) is 4.90 Å². The van der Waals surface area contributed by atoms with Crippen molar-refractivity contribution in [3.8, 4) is 0 Å². The van der Waals surface area contributed by atoms with E-state index >= 15 is 0 Å². The molecule has 0 aliphatic carbocycles. The van der Waals surface area contributed by atoms with E-state index in [1.807, 2.05) is 0 Å². The molecule has 0 unspecified atom stereocenters. The van der Waals surface area contributed by atoms with Gasteiger partial charge in [-0.25, -0.2) is 0 Å². The van der Waals surface area contributed by atoms with Crippen LogP contribution in [-0.4, -0.2) is 36.7 Å². The highest BCUT2D eigenvalue weighted by molar-refractivity contribution is 4.85. The molecule has 1 fully saturated rings. The van der Waals surface area contributed by atoms with Gasteiger partial charge in [0.1, 0.15) is 0 Å². The zero-order valence-corrected chi connectivity index (χ0v) is 9.31. The molecule has 1 rings (SSSR count). The Morgan fingerprint density at radius 3 is 2.46 bits per heavy atom. The standard InChI is InChI=1S/C11H23NO/c1-4-7-12-8-9-13-11(5-2,6-3)10-12/h4-10H2,1-3H3. The Morgan fingerprint density at radius 1 is 1.23 bits per heavy atom. The fourth-order valence-corrected chi connectivity index (χ4v) is 2.11. The van der Waals surface area contributed by atoms with E-state index in [9.17, 15) is 0 Å². The summed E-state index contributed by atoms with van der Waals surface area (Å²) < 4.78 is 5.90. The van der Waals surface area contributed by atoms with Gasteiger partial charge in [0, 0.05) is 13.1 Å². The molecule has 2 heteroatoms. The first kappa shape index (κ1) is 11.0. The highest BCUT2D eigenvalue weighted by Gasteiger charge is 2.32. The van der Waals surface area contributed by atoms with Crippen LogP contribution < -0.4 is 0 Å². The Kier molecular flexibility index (Phi) is 4.20. The van der Waals surface area contributed by atoms with E-state index in [0.29, 0.717) is 0 Å². The Hall–Kier alpha value is -0.0800. The van der Waals surface area contributed by atoms with Gasteiger partial charge >= 0.3 is 0 Å². The molecule has 0 bridgehead atoms. The highest BCUT2D eigenvalue weighted by Crippen LogP contribution is 2.25. The fraction of sp³-hybridized carbons (Fsp3) is 1.00. The van der Waals surface area contributed by atoms with E-state index in [1.54, 1.807) is 0 Å². The van der Waals surface area contributed by atoms with Crippen molar-refractivity contribution in [2.45, 2.75) is 45.6 Å². The third-order valence-electron chi connectivity index (χ3n) is 3.16. The van der Waals surface area contributed by atoms with Crippen molar-refractivity contribution < 1.29 is 4.74 Å². The second-order valence-corrected chi connectivity index (χ2v) is 4.01. The summed E-state index contributed by atoms with van der Waals surface area (Å²) in [6.45, 7) is 11.1. The topological polar surface area (TPSA) is 12.5 Å². The number of nitrogens with zero attached hydrogens (tertiary/aromatic N) is 1. The van der Waals surface area contributed by atoms with Crippen molar-refractivity contribution in [3.05, 3.63) is 0 Å². The molecule has 0 amide bonds. The fourth-order valence-electron chi connectivity index (χ4n) is 2.11. The lowest BCUT2D eigenvalue weighted by Gasteiger charge is -2.42. The van der Waals surface area contributed by atoms with Gasteiger partial charge in [-0.15, -0.1) is 0 Å². The first-order valence-corrected chi connectivity index (χ1v) is 5.62. The van der Waals surface area contributed by atoms with Crippen LogP contribution in [0.5, 0.6) is 0 Å². The summed E-state index contributed by atoms with van der Waals surface area (Å²) in [4.78, 5) is 2.54. The quantitative estimate of drug-likeness (QED) is 0.666. The van der Waals surface area contributed by atoms with E-state index < -0.39 is 0 Å². The zero-order chi connectivity index (χ0) is 9.73. The molecule has 1 heterocycles. The molecule has 0 spiro atoms. The molecule has 0 aromatic carbocycles. The van der Waals surface area contributed by atoms with Crippen LogP contribution >= 0.6 is 0 Å². The monoisotopic (exact) mass is 185 g/mol. The molecule has 0 atom stereocenters. The van der Waals surface area contributed by atoms with Crippen LogP contribution in [0.4, 0.5) is 0 Å². The van der Waals surface area contributed by atoms with Crippen molar-refractivity contribution >= 4 is 0 Å². The van der Waals surface area contributed by atoms with Crippen LogP contribution in [0.1, 0.15) is 40.0 Å². The molecule has 0 N–H and O–H groups in total. The summed E-state index contributed by atoms with van der Waals surface area (Å²) in [5.74, 6) is 0. The van der Waals surface area contributed by atoms with Gasteiger partial charge in [0.15, 0.2) is 0 Å². The van der Waals surface area contributed by atoms with Crippen molar-refractivity contribution in [1.82, 2.24) is 4.90 Å². The van der Waals surface area contributed by atoms with Gasteiger partial charge in [0.05, 0.1) is 12.2 Å². The highest BCUT2D eigenvalue weighted by atomic mass is 16.5. The first-order valence-electron chi connectivity index (χ1n) is 5.62. The van der Waals surface area contributed by atoms with Gasteiger partial charge in [-0.05, 0) is 25.8 Å². The number of rotatable bonds is 4. The second-order valence-electron chi connectivity index (χ2n) is 4.01. The Morgan fingerprint density at radius 2 is 1.92 bits per heavy atom. The van der Waals surface area contributed by atoms with Gasteiger partial charge in [0.2, 0.25) is 0 Å². The maximum atomic E-state index is 5.90. The summed E-state index contributed by atoms with van der Waals surface area (Å²) in [7, 11) is 0. The Labute approximate surface area is 82.3 Å². The second kappa shape index (κ2) is 4.97. The first-order chi connectivity index (χ1) is 6.26. The summed E-state index contributed by atoms with van der Waals surface area (Å²) >= 11 is 0. The van der Waals surface area contributed by atoms with Crippen LogP contribution in [0.25, 0.3) is 0 Å². The van der Waals surface area contributed by atoms with Crippen LogP contribution in [0.3, 0.4) is 0 Å². The lowest BCUT2D eigenvalue weighted by atomic mass is 9.95. The van der Waals surface area contributed by atoms with Crippen LogP contribution in [-0.2, 0) is 4.74 Å². The average Bonchev–Trinajstić information content (AvgIpc) is 2.19. The molecular weight excluding hydrogens is 162 g/mol. The number of ether oxygens (including phenoxy) is 1. The minimum atomic E-state index is 0.160. The molecule has 0 saturated carbocycles. The summed E-state index contributed by atoms with van der Waals surface area (Å²) in [6, 6.07) is 0. The third kappa shape index (κ3) is 2.68. The Bertz CT molecular complexity index is 141. The summed E-state index contributed by atoms with van der Waals surface area (Å²) in [6.07, 6.45) is 3.54. The van der Waals surface area contributed by atoms with E-state index in [0.717, 1.165) is 32.5 Å². The molecule has 0 aromatic rings. The molecule has 1 saturated heterocycles. The van der Waals surface area contributed by atoms with E-state index in [4.69, 9.17) is 4.74 Å². The smallest absolute Gasteiger partial charge is 0.0804 e. The normalized spacial score (nSPS) is 23.3. The molecule has 0 radical (unpaired) electrons. The average molecular weight is 185 g/mol. The molecule has 0 aromatic heterocycles. The number of hydrogen-bond acceptors (Lipinski definition) is 2. The largest absolute Gasteiger partial charge is 0.372 e. The van der Waals surface area contributed by atoms with Crippen molar-refractivity contribution in [2.24, 2.45) is 0 Å². The summed E-state index contributed by atoms with van der Waals surface area (Å²) in [5.41, 5.74) is 0.160. The summed E-state index contributed by atoms with van der Waals surface area (Å²) in [5, 5.41) is 0. The molecule has 1 aliphatic heterocycles. The molecule has 2 nitrogen and oxygen atoms in total. The predicted octanol–water partition coefficient (Wildman–Crippen LogP) is 2.29. The number of hydrogen-bond donors (Lipinski definition) is 0. The van der Waals surface area contributed by atoms with E-state index in [1.165, 1.54) is 13.0 Å². The van der Waals surface area contributed by atoms with Crippen LogP contribution in [0.2, 0.25) is 0 Å². The molecule has 78 valence electrons. The van der Waals surface area contributed by atoms with Gasteiger partial charge in [0.25, 0.3) is 0 Å². The lowest BCUT2D eigenvalue weighted by Crippen LogP contribution is -2.51. The van der Waals surface area contributed by atoms with Gasteiger partial charge in [-0.1, -0.05) is 20.8 Å². The minimum absolute atomic E-state index is 0.160.